The molecule has 0 radical (unpaired) electrons. The van der Waals surface area contributed by atoms with Crippen LogP contribution in [-0.4, -0.2) is 42.5 Å². The predicted molar refractivity (Wildman–Crippen MR) is 72.2 cm³/mol. The zero-order valence-corrected chi connectivity index (χ0v) is 11.5. The van der Waals surface area contributed by atoms with Crippen molar-refractivity contribution in [3.8, 4) is 0 Å². The Bertz CT molecular complexity index is 426. The van der Waals surface area contributed by atoms with Crippen LogP contribution >= 0.6 is 11.6 Å². The molecule has 18 heavy (non-hydrogen) atoms. The van der Waals surface area contributed by atoms with Gasteiger partial charge in [0.25, 0.3) is 0 Å². The average Bonchev–Trinajstić information content (AvgIpc) is 2.27. The van der Waals surface area contributed by atoms with E-state index in [0.717, 1.165) is 13.1 Å². The summed E-state index contributed by atoms with van der Waals surface area (Å²) in [7, 11) is 0. The predicted octanol–water partition coefficient (Wildman–Crippen LogP) is 2.63. The van der Waals surface area contributed by atoms with Crippen LogP contribution in [0.15, 0.2) is 24.3 Å². The van der Waals surface area contributed by atoms with E-state index in [2.05, 4.69) is 4.90 Å². The summed E-state index contributed by atoms with van der Waals surface area (Å²) in [6.45, 7) is 6.05. The molecule has 0 spiro atoms. The molecule has 4 heteroatoms. The number of nitrogens with zero attached hydrogens (tertiary/aromatic N) is 1. The number of ketones is 1. The molecule has 0 saturated carbocycles. The summed E-state index contributed by atoms with van der Waals surface area (Å²) in [4.78, 5) is 14.3. The zero-order chi connectivity index (χ0) is 13.1. The highest BCUT2D eigenvalue weighted by atomic mass is 35.5. The van der Waals surface area contributed by atoms with E-state index in [4.69, 9.17) is 16.3 Å². The lowest BCUT2D eigenvalue weighted by Gasteiger charge is -2.34. The first-order valence-corrected chi connectivity index (χ1v) is 6.59. The minimum absolute atomic E-state index is 0.0712. The van der Waals surface area contributed by atoms with Crippen molar-refractivity contribution in [1.82, 2.24) is 4.90 Å². The van der Waals surface area contributed by atoms with E-state index in [-0.39, 0.29) is 18.0 Å². The minimum atomic E-state index is 0.0712. The van der Waals surface area contributed by atoms with Crippen LogP contribution in [0.2, 0.25) is 5.02 Å². The van der Waals surface area contributed by atoms with Gasteiger partial charge in [-0.25, -0.2) is 0 Å². The quantitative estimate of drug-likeness (QED) is 0.789. The molecule has 0 bridgehead atoms. The lowest BCUT2D eigenvalue weighted by atomic mass is 10.1. The maximum Gasteiger partial charge on any atom is 0.178 e. The lowest BCUT2D eigenvalue weighted by Crippen LogP contribution is -2.47. The van der Waals surface area contributed by atoms with Crippen molar-refractivity contribution < 1.29 is 9.53 Å². The largest absolute Gasteiger partial charge is 0.373 e. The second kappa shape index (κ2) is 5.83. The molecule has 3 nitrogen and oxygen atoms in total. The summed E-state index contributed by atoms with van der Waals surface area (Å²) in [5.74, 6) is 0.0712. The average molecular weight is 268 g/mol. The highest BCUT2D eigenvalue weighted by Gasteiger charge is 2.24. The Morgan fingerprint density at radius 1 is 1.33 bits per heavy atom. The minimum Gasteiger partial charge on any atom is -0.373 e. The Morgan fingerprint density at radius 3 is 2.56 bits per heavy atom. The normalized spacial score (nSPS) is 25.1. The molecule has 1 fully saturated rings. The number of carbonyl (C=O) groups is 1. The summed E-state index contributed by atoms with van der Waals surface area (Å²) >= 11 is 6.03. The summed E-state index contributed by atoms with van der Waals surface area (Å²) < 4.78 is 5.65. The number of Topliss-reactive ketones (excluding diaryl/α,β-unsaturated/α-hetero) is 1. The van der Waals surface area contributed by atoms with E-state index in [1.165, 1.54) is 0 Å². The van der Waals surface area contributed by atoms with Crippen molar-refractivity contribution in [3.63, 3.8) is 0 Å². The number of hydrogen-bond donors (Lipinski definition) is 0. The highest BCUT2D eigenvalue weighted by Crippen LogP contribution is 2.17. The van der Waals surface area contributed by atoms with Crippen LogP contribution < -0.4 is 0 Å². The van der Waals surface area contributed by atoms with Crippen molar-refractivity contribution in [2.75, 3.05) is 19.6 Å². The van der Waals surface area contributed by atoms with Gasteiger partial charge in [-0.05, 0) is 26.0 Å². The molecule has 0 amide bonds. The van der Waals surface area contributed by atoms with Gasteiger partial charge in [-0.3, -0.25) is 9.69 Å². The van der Waals surface area contributed by atoms with Crippen molar-refractivity contribution >= 4 is 17.4 Å². The number of morpholine rings is 1. The van der Waals surface area contributed by atoms with Crippen molar-refractivity contribution in [2.24, 2.45) is 0 Å². The van der Waals surface area contributed by atoms with Gasteiger partial charge in [0.1, 0.15) is 0 Å². The van der Waals surface area contributed by atoms with E-state index in [9.17, 15) is 4.79 Å². The van der Waals surface area contributed by atoms with Gasteiger partial charge < -0.3 is 4.74 Å². The topological polar surface area (TPSA) is 29.5 Å². The molecule has 1 aromatic rings. The maximum absolute atomic E-state index is 12.2. The first kappa shape index (κ1) is 13.5. The van der Waals surface area contributed by atoms with E-state index in [1.54, 1.807) is 12.1 Å². The van der Waals surface area contributed by atoms with E-state index in [0.29, 0.717) is 17.1 Å². The molecule has 98 valence electrons. The molecule has 1 heterocycles. The Kier molecular flexibility index (Phi) is 4.38. The van der Waals surface area contributed by atoms with Gasteiger partial charge in [0, 0.05) is 18.7 Å². The molecule has 1 aromatic carbocycles. The van der Waals surface area contributed by atoms with Crippen molar-refractivity contribution in [2.45, 2.75) is 26.1 Å². The molecule has 1 aliphatic rings. The second-order valence-corrected chi connectivity index (χ2v) is 5.26. The maximum atomic E-state index is 12.2. The first-order valence-electron chi connectivity index (χ1n) is 6.22. The fourth-order valence-electron chi connectivity index (χ4n) is 2.39. The smallest absolute Gasteiger partial charge is 0.178 e. The van der Waals surface area contributed by atoms with Gasteiger partial charge in [0.2, 0.25) is 0 Å². The fourth-order valence-corrected chi connectivity index (χ4v) is 2.63. The number of rotatable bonds is 3. The van der Waals surface area contributed by atoms with Crippen LogP contribution in [0.25, 0.3) is 0 Å². The molecule has 1 aliphatic heterocycles. The molecule has 0 aliphatic carbocycles. The third kappa shape index (κ3) is 3.31. The number of ether oxygens (including phenoxy) is 1. The zero-order valence-electron chi connectivity index (χ0n) is 10.7. The SMILES string of the molecule is C[C@@H]1CN(CC(=O)c2ccccc2Cl)C[C@H](C)O1. The van der Waals surface area contributed by atoms with Gasteiger partial charge >= 0.3 is 0 Å². The van der Waals surface area contributed by atoms with Crippen molar-refractivity contribution in [1.29, 1.82) is 0 Å². The molecule has 0 unspecified atom stereocenters. The number of carbonyl (C=O) groups excluding carboxylic acids is 1. The Hall–Kier alpha value is -0.900. The van der Waals surface area contributed by atoms with Crippen LogP contribution in [0.3, 0.4) is 0 Å². The highest BCUT2D eigenvalue weighted by molar-refractivity contribution is 6.34. The van der Waals surface area contributed by atoms with Gasteiger partial charge in [-0.1, -0.05) is 23.7 Å². The summed E-state index contributed by atoms with van der Waals surface area (Å²) in [5.41, 5.74) is 0.603. The molecule has 0 aromatic heterocycles. The third-order valence-corrected chi connectivity index (χ3v) is 3.37. The lowest BCUT2D eigenvalue weighted by molar-refractivity contribution is -0.0652. The monoisotopic (exact) mass is 267 g/mol. The van der Waals surface area contributed by atoms with Crippen LogP contribution in [0.5, 0.6) is 0 Å². The van der Waals surface area contributed by atoms with Gasteiger partial charge in [0.15, 0.2) is 5.78 Å². The molecule has 2 rings (SSSR count). The van der Waals surface area contributed by atoms with E-state index in [1.807, 2.05) is 26.0 Å². The number of hydrogen-bond acceptors (Lipinski definition) is 3. The molecular formula is C14H18ClNO2. The third-order valence-electron chi connectivity index (χ3n) is 3.04. The Labute approximate surface area is 113 Å². The molecule has 2 atom stereocenters. The van der Waals surface area contributed by atoms with Crippen LogP contribution in [0.4, 0.5) is 0 Å². The Balaban J connectivity index is 2.01. The van der Waals surface area contributed by atoms with Gasteiger partial charge in [0.05, 0.1) is 23.8 Å². The molecular weight excluding hydrogens is 250 g/mol. The summed E-state index contributed by atoms with van der Waals surface area (Å²) in [6.07, 6.45) is 0.348. The summed E-state index contributed by atoms with van der Waals surface area (Å²) in [5, 5.41) is 0.525. The van der Waals surface area contributed by atoms with Gasteiger partial charge in [-0.15, -0.1) is 0 Å². The molecule has 1 saturated heterocycles. The number of benzene rings is 1. The second-order valence-electron chi connectivity index (χ2n) is 4.85. The van der Waals surface area contributed by atoms with Crippen LogP contribution in [0, 0.1) is 0 Å². The van der Waals surface area contributed by atoms with E-state index >= 15 is 0 Å². The fraction of sp³-hybridized carbons (Fsp3) is 0.500. The summed E-state index contributed by atoms with van der Waals surface area (Å²) in [6, 6.07) is 7.19. The van der Waals surface area contributed by atoms with Crippen molar-refractivity contribution in [3.05, 3.63) is 34.9 Å². The molecule has 0 N–H and O–H groups in total. The standard InChI is InChI=1S/C14H18ClNO2/c1-10-7-16(8-11(2)18-10)9-14(17)12-5-3-4-6-13(12)15/h3-6,10-11H,7-9H2,1-2H3/t10-,11+. The van der Waals surface area contributed by atoms with Crippen LogP contribution in [0.1, 0.15) is 24.2 Å². The Morgan fingerprint density at radius 2 is 1.94 bits per heavy atom. The van der Waals surface area contributed by atoms with E-state index < -0.39 is 0 Å². The van der Waals surface area contributed by atoms with Crippen LogP contribution in [-0.2, 0) is 4.74 Å². The first-order chi connectivity index (χ1) is 8.56. The van der Waals surface area contributed by atoms with Gasteiger partial charge in [-0.2, -0.15) is 0 Å². The number of halogens is 1.